The van der Waals surface area contributed by atoms with Gasteiger partial charge in [-0.2, -0.15) is 0 Å². The summed E-state index contributed by atoms with van der Waals surface area (Å²) in [5.74, 6) is 0.888. The molecule has 112 valence electrons. The zero-order chi connectivity index (χ0) is 15.2. The van der Waals surface area contributed by atoms with Gasteiger partial charge in [0.25, 0.3) is 0 Å². The molecular weight excluding hydrogens is 396 g/mol. The third kappa shape index (κ3) is 4.28. The summed E-state index contributed by atoms with van der Waals surface area (Å²) in [7, 11) is 0. The van der Waals surface area contributed by atoms with E-state index in [0.717, 1.165) is 32.5 Å². The molecule has 1 unspecified atom stereocenters. The maximum atomic E-state index is 5.49. The first-order chi connectivity index (χ1) is 10.2. The number of rotatable bonds is 6. The molecule has 1 aromatic carbocycles. The van der Waals surface area contributed by atoms with Gasteiger partial charge in [0.15, 0.2) is 0 Å². The molecule has 1 atom stereocenters. The summed E-state index contributed by atoms with van der Waals surface area (Å²) in [6, 6.07) is 10.2. The van der Waals surface area contributed by atoms with Gasteiger partial charge in [-0.25, -0.2) is 0 Å². The molecule has 1 heterocycles. The number of hydrogen-bond acceptors (Lipinski definition) is 3. The van der Waals surface area contributed by atoms with E-state index in [4.69, 9.17) is 4.74 Å². The molecule has 0 spiro atoms. The molecule has 3 nitrogen and oxygen atoms in total. The number of pyridine rings is 1. The molecule has 5 heteroatoms. The van der Waals surface area contributed by atoms with Crippen molar-refractivity contribution in [1.29, 1.82) is 0 Å². The highest BCUT2D eigenvalue weighted by atomic mass is 79.9. The summed E-state index contributed by atoms with van der Waals surface area (Å²) in [5.41, 5.74) is 2.14. The lowest BCUT2D eigenvalue weighted by atomic mass is 10.0. The number of hydrogen-bond donors (Lipinski definition) is 1. The number of aromatic nitrogens is 1. The van der Waals surface area contributed by atoms with E-state index in [-0.39, 0.29) is 6.04 Å². The van der Waals surface area contributed by atoms with Crippen LogP contribution < -0.4 is 10.1 Å². The van der Waals surface area contributed by atoms with E-state index in [1.165, 1.54) is 0 Å². The number of nitrogens with one attached hydrogen (secondary N) is 1. The Morgan fingerprint density at radius 2 is 1.90 bits per heavy atom. The highest BCUT2D eigenvalue weighted by molar-refractivity contribution is 9.11. The molecule has 1 aromatic heterocycles. The van der Waals surface area contributed by atoms with Crippen molar-refractivity contribution in [2.45, 2.75) is 19.9 Å². The van der Waals surface area contributed by atoms with Crippen molar-refractivity contribution in [2.24, 2.45) is 0 Å². The van der Waals surface area contributed by atoms with Crippen LogP contribution in [0.2, 0.25) is 0 Å². The van der Waals surface area contributed by atoms with E-state index >= 15 is 0 Å². The Balaban J connectivity index is 2.33. The summed E-state index contributed by atoms with van der Waals surface area (Å²) in [5, 5.41) is 3.48. The number of ether oxygens (including phenoxy) is 1. The maximum Gasteiger partial charge on any atom is 0.119 e. The fourth-order valence-corrected chi connectivity index (χ4v) is 3.35. The summed E-state index contributed by atoms with van der Waals surface area (Å²) >= 11 is 7.04. The lowest BCUT2D eigenvalue weighted by Crippen LogP contribution is -2.23. The Hall–Kier alpha value is -0.910. The quantitative estimate of drug-likeness (QED) is 0.744. The predicted octanol–water partition coefficient (Wildman–Crippen LogP) is 4.70. The van der Waals surface area contributed by atoms with Gasteiger partial charge in [0.2, 0.25) is 0 Å². The summed E-state index contributed by atoms with van der Waals surface area (Å²) in [4.78, 5) is 4.54. The molecule has 0 fully saturated rings. The van der Waals surface area contributed by atoms with Gasteiger partial charge in [-0.1, -0.05) is 19.1 Å². The van der Waals surface area contributed by atoms with Gasteiger partial charge in [-0.05, 0) is 69.1 Å². The lowest BCUT2D eigenvalue weighted by molar-refractivity contribution is 0.340. The first-order valence-corrected chi connectivity index (χ1v) is 8.51. The van der Waals surface area contributed by atoms with Gasteiger partial charge in [0.05, 0.1) is 18.3 Å². The Labute approximate surface area is 142 Å². The standard InChI is InChI=1S/C16H18Br2N2O/c1-3-19-15(16-14(18)9-12(17)10-20-16)11-5-7-13(8-6-11)21-4-2/h5-10,15,19H,3-4H2,1-2H3. The van der Waals surface area contributed by atoms with Crippen LogP contribution in [0.25, 0.3) is 0 Å². The third-order valence-corrected chi connectivity index (χ3v) is 4.11. The topological polar surface area (TPSA) is 34.1 Å². The SMILES string of the molecule is CCNC(c1ccc(OCC)cc1)c1ncc(Br)cc1Br. The number of halogens is 2. The van der Waals surface area contributed by atoms with Crippen LogP contribution in [0.3, 0.4) is 0 Å². The van der Waals surface area contributed by atoms with Gasteiger partial charge in [-0.15, -0.1) is 0 Å². The van der Waals surface area contributed by atoms with Crippen LogP contribution in [0.4, 0.5) is 0 Å². The molecular formula is C16H18Br2N2O. The van der Waals surface area contributed by atoms with Crippen molar-refractivity contribution in [3.8, 4) is 5.75 Å². The molecule has 0 aliphatic rings. The van der Waals surface area contributed by atoms with Gasteiger partial charge in [-0.3, -0.25) is 4.98 Å². The number of benzene rings is 1. The van der Waals surface area contributed by atoms with Crippen LogP contribution in [-0.4, -0.2) is 18.1 Å². The Morgan fingerprint density at radius 1 is 1.19 bits per heavy atom. The molecule has 21 heavy (non-hydrogen) atoms. The highest BCUT2D eigenvalue weighted by Crippen LogP contribution is 2.29. The van der Waals surface area contributed by atoms with Gasteiger partial charge >= 0.3 is 0 Å². The molecule has 0 radical (unpaired) electrons. The zero-order valence-corrected chi connectivity index (χ0v) is 15.2. The Bertz CT molecular complexity index is 587. The third-order valence-electron chi connectivity index (χ3n) is 3.04. The van der Waals surface area contributed by atoms with Crippen molar-refractivity contribution in [3.05, 3.63) is 56.7 Å². The van der Waals surface area contributed by atoms with E-state index in [2.05, 4.69) is 61.2 Å². The average Bonchev–Trinajstić information content (AvgIpc) is 2.47. The van der Waals surface area contributed by atoms with Crippen LogP contribution >= 0.6 is 31.9 Å². The largest absolute Gasteiger partial charge is 0.494 e. The minimum atomic E-state index is 0.0492. The van der Waals surface area contributed by atoms with Crippen molar-refractivity contribution in [3.63, 3.8) is 0 Å². The second-order valence-corrected chi connectivity index (χ2v) is 6.28. The second-order valence-electron chi connectivity index (χ2n) is 4.51. The first-order valence-electron chi connectivity index (χ1n) is 6.92. The van der Waals surface area contributed by atoms with Gasteiger partial charge < -0.3 is 10.1 Å². The van der Waals surface area contributed by atoms with Crippen LogP contribution in [0.1, 0.15) is 31.1 Å². The monoisotopic (exact) mass is 412 g/mol. The van der Waals surface area contributed by atoms with Crippen molar-refractivity contribution < 1.29 is 4.74 Å². The highest BCUT2D eigenvalue weighted by Gasteiger charge is 2.17. The van der Waals surface area contributed by atoms with E-state index < -0.39 is 0 Å². The zero-order valence-electron chi connectivity index (χ0n) is 12.1. The molecule has 1 N–H and O–H groups in total. The summed E-state index contributed by atoms with van der Waals surface area (Å²) in [6.45, 7) is 5.62. The molecule has 0 aliphatic carbocycles. The van der Waals surface area contributed by atoms with Crippen LogP contribution in [-0.2, 0) is 0 Å². The molecule has 0 bridgehead atoms. The molecule has 0 saturated carbocycles. The molecule has 2 aromatic rings. The van der Waals surface area contributed by atoms with Crippen molar-refractivity contribution >= 4 is 31.9 Å². The molecule has 2 rings (SSSR count). The normalized spacial score (nSPS) is 12.2. The van der Waals surface area contributed by atoms with Crippen LogP contribution in [0, 0.1) is 0 Å². The second kappa shape index (κ2) is 7.92. The Kier molecular flexibility index (Phi) is 6.21. The lowest BCUT2D eigenvalue weighted by Gasteiger charge is -2.19. The fourth-order valence-electron chi connectivity index (χ4n) is 2.14. The number of nitrogens with zero attached hydrogens (tertiary/aromatic N) is 1. The van der Waals surface area contributed by atoms with Gasteiger partial charge in [0, 0.05) is 15.1 Å². The minimum Gasteiger partial charge on any atom is -0.494 e. The van der Waals surface area contributed by atoms with Crippen molar-refractivity contribution in [2.75, 3.05) is 13.2 Å². The van der Waals surface area contributed by atoms with Crippen LogP contribution in [0.15, 0.2) is 45.5 Å². The van der Waals surface area contributed by atoms with E-state index in [9.17, 15) is 0 Å². The summed E-state index contributed by atoms with van der Waals surface area (Å²) in [6.07, 6.45) is 1.82. The molecule has 0 aliphatic heterocycles. The Morgan fingerprint density at radius 3 is 2.48 bits per heavy atom. The maximum absolute atomic E-state index is 5.49. The predicted molar refractivity (Wildman–Crippen MR) is 92.8 cm³/mol. The van der Waals surface area contributed by atoms with Crippen molar-refractivity contribution in [1.82, 2.24) is 10.3 Å². The molecule has 0 saturated heterocycles. The van der Waals surface area contributed by atoms with Gasteiger partial charge in [0.1, 0.15) is 5.75 Å². The fraction of sp³-hybridized carbons (Fsp3) is 0.312. The van der Waals surface area contributed by atoms with E-state index in [1.54, 1.807) is 0 Å². The smallest absolute Gasteiger partial charge is 0.119 e. The van der Waals surface area contributed by atoms with Crippen LogP contribution in [0.5, 0.6) is 5.75 Å². The average molecular weight is 414 g/mol. The summed E-state index contributed by atoms with van der Waals surface area (Å²) < 4.78 is 7.44. The first kappa shape index (κ1) is 16.5. The van der Waals surface area contributed by atoms with E-state index in [0.29, 0.717) is 6.61 Å². The van der Waals surface area contributed by atoms with E-state index in [1.807, 2.05) is 31.3 Å². The molecule has 0 amide bonds. The minimum absolute atomic E-state index is 0.0492.